The van der Waals surface area contributed by atoms with Crippen LogP contribution in [0, 0.1) is 0 Å². The molecule has 0 aliphatic rings. The second kappa shape index (κ2) is 9.64. The molecule has 0 spiro atoms. The number of fused-ring (bicyclic) bond motifs is 1. The third-order valence-corrected chi connectivity index (χ3v) is 5.74. The molecule has 1 N–H and O–H groups in total. The number of halogens is 1. The maximum absolute atomic E-state index is 12.3. The summed E-state index contributed by atoms with van der Waals surface area (Å²) in [5, 5.41) is 5.01. The van der Waals surface area contributed by atoms with Gasteiger partial charge in [0.05, 0.1) is 0 Å². The van der Waals surface area contributed by atoms with Crippen molar-refractivity contribution in [3.63, 3.8) is 0 Å². The number of rotatable bonds is 8. The van der Waals surface area contributed by atoms with Gasteiger partial charge in [-0.25, -0.2) is 0 Å². The molecule has 0 aliphatic carbocycles. The first-order valence-electron chi connectivity index (χ1n) is 10.3. The average molecular weight is 417 g/mol. The topological polar surface area (TPSA) is 34.0 Å². The highest BCUT2D eigenvalue weighted by molar-refractivity contribution is 6.31. The van der Waals surface area contributed by atoms with E-state index in [-0.39, 0.29) is 5.91 Å². The van der Waals surface area contributed by atoms with E-state index >= 15 is 0 Å². The molecular formula is C26H25ClN2O. The first kappa shape index (κ1) is 20.2. The zero-order chi connectivity index (χ0) is 20.8. The van der Waals surface area contributed by atoms with Gasteiger partial charge in [-0.05, 0) is 41.7 Å². The maximum atomic E-state index is 12.3. The Kier molecular flexibility index (Phi) is 6.50. The number of aryl methyl sites for hydroxylation is 1. The molecule has 4 heteroatoms. The number of carbonyl (C=O) groups is 1. The van der Waals surface area contributed by atoms with E-state index in [0.29, 0.717) is 25.9 Å². The molecular weight excluding hydrogens is 392 g/mol. The van der Waals surface area contributed by atoms with Crippen LogP contribution in [0.3, 0.4) is 0 Å². The minimum absolute atomic E-state index is 0.0915. The summed E-state index contributed by atoms with van der Waals surface area (Å²) in [5.41, 5.74) is 4.68. The Hall–Kier alpha value is -3.04. The lowest BCUT2D eigenvalue weighted by Crippen LogP contribution is -2.25. The first-order valence-corrected chi connectivity index (χ1v) is 10.7. The van der Waals surface area contributed by atoms with Crippen LogP contribution in [0.1, 0.15) is 23.1 Å². The lowest BCUT2D eigenvalue weighted by atomic mass is 10.1. The average Bonchev–Trinajstić information content (AvgIpc) is 3.12. The number of carbonyl (C=O) groups excluding carboxylic acids is 1. The quantitative estimate of drug-likeness (QED) is 0.396. The molecule has 0 radical (unpaired) electrons. The summed E-state index contributed by atoms with van der Waals surface area (Å²) in [4.78, 5) is 12.3. The highest BCUT2D eigenvalue weighted by Gasteiger charge is 2.11. The second-order valence-corrected chi connectivity index (χ2v) is 7.88. The molecule has 152 valence electrons. The van der Waals surface area contributed by atoms with Crippen molar-refractivity contribution in [1.82, 2.24) is 9.88 Å². The molecule has 4 rings (SSSR count). The van der Waals surface area contributed by atoms with Gasteiger partial charge in [-0.3, -0.25) is 4.79 Å². The fourth-order valence-electron chi connectivity index (χ4n) is 3.79. The van der Waals surface area contributed by atoms with Crippen molar-refractivity contribution in [2.24, 2.45) is 0 Å². The van der Waals surface area contributed by atoms with E-state index in [1.807, 2.05) is 48.5 Å². The van der Waals surface area contributed by atoms with Crippen LogP contribution in [0.5, 0.6) is 0 Å². The van der Waals surface area contributed by atoms with Crippen LogP contribution in [0.2, 0.25) is 5.02 Å². The molecule has 0 aliphatic heterocycles. The van der Waals surface area contributed by atoms with Gasteiger partial charge in [0, 0.05) is 41.6 Å². The third-order valence-electron chi connectivity index (χ3n) is 5.37. The Morgan fingerprint density at radius 1 is 0.833 bits per heavy atom. The number of para-hydroxylation sites is 1. The fraction of sp³-hybridized carbons (Fsp3) is 0.192. The molecule has 0 fully saturated rings. The minimum Gasteiger partial charge on any atom is -0.356 e. The summed E-state index contributed by atoms with van der Waals surface area (Å²) >= 11 is 6.36. The normalized spacial score (nSPS) is 11.0. The summed E-state index contributed by atoms with van der Waals surface area (Å²) in [6.07, 6.45) is 4.21. The zero-order valence-electron chi connectivity index (χ0n) is 16.9. The first-order chi connectivity index (χ1) is 14.7. The van der Waals surface area contributed by atoms with E-state index in [2.05, 4.69) is 46.4 Å². The van der Waals surface area contributed by atoms with Gasteiger partial charge in [0.1, 0.15) is 0 Å². The summed E-state index contributed by atoms with van der Waals surface area (Å²) < 4.78 is 2.22. The molecule has 3 nitrogen and oxygen atoms in total. The third kappa shape index (κ3) is 4.92. The largest absolute Gasteiger partial charge is 0.356 e. The summed E-state index contributed by atoms with van der Waals surface area (Å²) in [5.74, 6) is 0.0915. The number of amides is 1. The summed E-state index contributed by atoms with van der Waals surface area (Å²) in [6.45, 7) is 1.38. The van der Waals surface area contributed by atoms with E-state index < -0.39 is 0 Å². The van der Waals surface area contributed by atoms with Gasteiger partial charge in [-0.2, -0.15) is 0 Å². The Morgan fingerprint density at radius 3 is 2.40 bits per heavy atom. The standard InChI is InChI=1S/C26H25ClN2O/c27-24-12-6-4-10-22(24)19-29-18-21(23-11-5-7-13-25(23)29)14-15-26(30)28-17-16-20-8-2-1-3-9-20/h1-13,18H,14-17,19H2,(H,28,30). The Labute approximate surface area is 182 Å². The molecule has 0 bridgehead atoms. The molecule has 1 heterocycles. The van der Waals surface area contributed by atoms with Crippen molar-refractivity contribution in [3.8, 4) is 0 Å². The van der Waals surface area contributed by atoms with Crippen LogP contribution < -0.4 is 5.32 Å². The molecule has 0 saturated heterocycles. The van der Waals surface area contributed by atoms with Crippen LogP contribution >= 0.6 is 11.6 Å². The van der Waals surface area contributed by atoms with Gasteiger partial charge < -0.3 is 9.88 Å². The highest BCUT2D eigenvalue weighted by atomic mass is 35.5. The van der Waals surface area contributed by atoms with Gasteiger partial charge in [-0.1, -0.05) is 78.3 Å². The van der Waals surface area contributed by atoms with Crippen LogP contribution in [0.25, 0.3) is 10.9 Å². The molecule has 0 unspecified atom stereocenters. The smallest absolute Gasteiger partial charge is 0.220 e. The molecule has 0 saturated carbocycles. The van der Waals surface area contributed by atoms with E-state index in [9.17, 15) is 4.79 Å². The molecule has 4 aromatic rings. The number of nitrogens with zero attached hydrogens (tertiary/aromatic N) is 1. The molecule has 30 heavy (non-hydrogen) atoms. The van der Waals surface area contributed by atoms with Gasteiger partial charge >= 0.3 is 0 Å². The SMILES string of the molecule is O=C(CCc1cn(Cc2ccccc2Cl)c2ccccc12)NCCc1ccccc1. The van der Waals surface area contributed by atoms with Crippen molar-refractivity contribution >= 4 is 28.4 Å². The van der Waals surface area contributed by atoms with Crippen molar-refractivity contribution in [2.75, 3.05) is 6.54 Å². The van der Waals surface area contributed by atoms with E-state index in [1.165, 1.54) is 16.5 Å². The fourth-order valence-corrected chi connectivity index (χ4v) is 3.99. The van der Waals surface area contributed by atoms with Crippen molar-refractivity contribution in [1.29, 1.82) is 0 Å². The zero-order valence-corrected chi connectivity index (χ0v) is 17.6. The van der Waals surface area contributed by atoms with Crippen LogP contribution in [-0.4, -0.2) is 17.0 Å². The van der Waals surface area contributed by atoms with Crippen molar-refractivity contribution in [3.05, 3.63) is 107 Å². The lowest BCUT2D eigenvalue weighted by Gasteiger charge is -2.07. The number of benzene rings is 3. The number of nitrogens with one attached hydrogen (secondary N) is 1. The molecule has 1 amide bonds. The predicted octanol–water partition coefficient (Wildman–Crippen LogP) is 5.63. The predicted molar refractivity (Wildman–Crippen MR) is 124 cm³/mol. The Bertz CT molecular complexity index is 1130. The Balaban J connectivity index is 1.40. The number of aromatic nitrogens is 1. The van der Waals surface area contributed by atoms with Gasteiger partial charge in [0.15, 0.2) is 0 Å². The van der Waals surface area contributed by atoms with E-state index in [4.69, 9.17) is 11.6 Å². The van der Waals surface area contributed by atoms with Crippen LogP contribution in [0.15, 0.2) is 85.1 Å². The van der Waals surface area contributed by atoms with Crippen LogP contribution in [-0.2, 0) is 24.2 Å². The summed E-state index contributed by atoms with van der Waals surface area (Å²) in [6, 6.07) is 26.5. The monoisotopic (exact) mass is 416 g/mol. The van der Waals surface area contributed by atoms with E-state index in [1.54, 1.807) is 0 Å². The summed E-state index contributed by atoms with van der Waals surface area (Å²) in [7, 11) is 0. The maximum Gasteiger partial charge on any atom is 0.220 e. The minimum atomic E-state index is 0.0915. The highest BCUT2D eigenvalue weighted by Crippen LogP contribution is 2.25. The Morgan fingerprint density at radius 2 is 1.57 bits per heavy atom. The molecule has 0 atom stereocenters. The lowest BCUT2D eigenvalue weighted by molar-refractivity contribution is -0.121. The van der Waals surface area contributed by atoms with Gasteiger partial charge in [-0.15, -0.1) is 0 Å². The van der Waals surface area contributed by atoms with Gasteiger partial charge in [0.25, 0.3) is 0 Å². The van der Waals surface area contributed by atoms with Crippen molar-refractivity contribution < 1.29 is 4.79 Å². The van der Waals surface area contributed by atoms with E-state index in [0.717, 1.165) is 22.5 Å². The second-order valence-electron chi connectivity index (χ2n) is 7.48. The van der Waals surface area contributed by atoms with Crippen molar-refractivity contribution in [2.45, 2.75) is 25.8 Å². The number of hydrogen-bond donors (Lipinski definition) is 1. The van der Waals surface area contributed by atoms with Crippen LogP contribution in [0.4, 0.5) is 0 Å². The van der Waals surface area contributed by atoms with Gasteiger partial charge in [0.2, 0.25) is 5.91 Å². The molecule has 1 aromatic heterocycles. The number of hydrogen-bond acceptors (Lipinski definition) is 1. The molecule has 3 aromatic carbocycles.